The van der Waals surface area contributed by atoms with Gasteiger partial charge in [-0.2, -0.15) is 0 Å². The quantitative estimate of drug-likeness (QED) is 0.282. The minimum atomic E-state index is -0.471. The van der Waals surface area contributed by atoms with Crippen LogP contribution in [0.15, 0.2) is 36.1 Å². The molecule has 0 bridgehead atoms. The van der Waals surface area contributed by atoms with Crippen molar-refractivity contribution in [3.05, 3.63) is 41.7 Å². The second-order valence-electron chi connectivity index (χ2n) is 2.83. The Balaban J connectivity index is 2.44. The average molecular weight is 176 g/mol. The van der Waals surface area contributed by atoms with Gasteiger partial charge >= 0.3 is 5.97 Å². The molecule has 0 radical (unpaired) electrons. The van der Waals surface area contributed by atoms with Gasteiger partial charge in [-0.3, -0.25) is 0 Å². The Morgan fingerprint density at radius 3 is 2.92 bits per heavy atom. The molecular formula is C10H8O3. The van der Waals surface area contributed by atoms with Crippen LogP contribution in [0.5, 0.6) is 5.75 Å². The molecule has 13 heavy (non-hydrogen) atoms. The fourth-order valence-corrected chi connectivity index (χ4v) is 1.29. The summed E-state index contributed by atoms with van der Waals surface area (Å²) in [5.74, 6) is 0.110. The first-order chi connectivity index (χ1) is 6.31. The number of benzene rings is 1. The molecule has 0 aliphatic carbocycles. The Kier molecular flexibility index (Phi) is 1.77. The van der Waals surface area contributed by atoms with Gasteiger partial charge in [0.1, 0.15) is 5.75 Å². The van der Waals surface area contributed by atoms with Gasteiger partial charge in [-0.15, -0.1) is 0 Å². The van der Waals surface area contributed by atoms with E-state index < -0.39 is 5.97 Å². The number of aliphatic hydroxyl groups is 1. The summed E-state index contributed by atoms with van der Waals surface area (Å²) >= 11 is 0. The Hall–Kier alpha value is -1.77. The molecule has 1 aliphatic heterocycles. The Bertz CT molecular complexity index is 380. The second-order valence-corrected chi connectivity index (χ2v) is 2.83. The molecule has 0 atom stereocenters. The van der Waals surface area contributed by atoms with Crippen LogP contribution in [0.1, 0.15) is 5.56 Å². The standard InChI is InChI=1S/C10H8O3/c11-6-8-5-7-3-1-2-4-9(7)13-10(8)12/h1-4,6,11H,5H2. The predicted molar refractivity (Wildman–Crippen MR) is 46.5 cm³/mol. The summed E-state index contributed by atoms with van der Waals surface area (Å²) in [7, 11) is 0. The highest BCUT2D eigenvalue weighted by atomic mass is 16.5. The zero-order valence-corrected chi connectivity index (χ0v) is 6.86. The first-order valence-electron chi connectivity index (χ1n) is 3.94. The first kappa shape index (κ1) is 7.86. The largest absolute Gasteiger partial charge is 0.515 e. The fraction of sp³-hybridized carbons (Fsp3) is 0.100. The van der Waals surface area contributed by atoms with Crippen molar-refractivity contribution in [3.8, 4) is 5.75 Å². The molecule has 0 fully saturated rings. The lowest BCUT2D eigenvalue weighted by atomic mass is 10.0. The van der Waals surface area contributed by atoms with Crippen molar-refractivity contribution in [2.45, 2.75) is 6.42 Å². The molecule has 0 spiro atoms. The summed E-state index contributed by atoms with van der Waals surface area (Å²) in [6.45, 7) is 0. The molecular weight excluding hydrogens is 168 g/mol. The molecule has 1 heterocycles. The number of esters is 1. The van der Waals surface area contributed by atoms with Crippen LogP contribution in [-0.4, -0.2) is 11.1 Å². The molecule has 3 nitrogen and oxygen atoms in total. The van der Waals surface area contributed by atoms with Crippen LogP contribution in [0.3, 0.4) is 0 Å². The van der Waals surface area contributed by atoms with Crippen molar-refractivity contribution in [2.24, 2.45) is 0 Å². The summed E-state index contributed by atoms with van der Waals surface area (Å²) in [5.41, 5.74) is 1.21. The third-order valence-corrected chi connectivity index (χ3v) is 1.97. The van der Waals surface area contributed by atoms with Crippen LogP contribution >= 0.6 is 0 Å². The first-order valence-corrected chi connectivity index (χ1v) is 3.94. The van der Waals surface area contributed by atoms with Crippen LogP contribution in [0.2, 0.25) is 0 Å². The second kappa shape index (κ2) is 2.94. The SMILES string of the molecule is O=C1Oc2ccccc2CC1=CO. The van der Waals surface area contributed by atoms with Crippen LogP contribution in [0.25, 0.3) is 0 Å². The number of carbonyl (C=O) groups excluding carboxylic acids is 1. The Morgan fingerprint density at radius 1 is 1.38 bits per heavy atom. The number of fused-ring (bicyclic) bond motifs is 1. The van der Waals surface area contributed by atoms with E-state index in [1.54, 1.807) is 12.1 Å². The third-order valence-electron chi connectivity index (χ3n) is 1.97. The summed E-state index contributed by atoms with van der Waals surface area (Å²) in [4.78, 5) is 11.1. The number of carbonyl (C=O) groups is 1. The number of ether oxygens (including phenoxy) is 1. The number of hydrogen-bond donors (Lipinski definition) is 1. The van der Waals surface area contributed by atoms with E-state index >= 15 is 0 Å². The van der Waals surface area contributed by atoms with E-state index in [2.05, 4.69) is 0 Å². The summed E-state index contributed by atoms with van der Waals surface area (Å²) < 4.78 is 4.97. The highest BCUT2D eigenvalue weighted by molar-refractivity contribution is 5.92. The van der Waals surface area contributed by atoms with Crippen molar-refractivity contribution in [1.29, 1.82) is 0 Å². The summed E-state index contributed by atoms with van der Waals surface area (Å²) in [5, 5.41) is 8.72. The van der Waals surface area contributed by atoms with Gasteiger partial charge in [0.2, 0.25) is 0 Å². The lowest BCUT2D eigenvalue weighted by Gasteiger charge is -2.16. The molecule has 2 rings (SSSR count). The summed E-state index contributed by atoms with van der Waals surface area (Å²) in [6.07, 6.45) is 1.24. The van der Waals surface area contributed by atoms with E-state index in [1.807, 2.05) is 12.1 Å². The molecule has 0 amide bonds. The molecule has 0 unspecified atom stereocenters. The van der Waals surface area contributed by atoms with Gasteiger partial charge in [0.05, 0.1) is 11.8 Å². The fourth-order valence-electron chi connectivity index (χ4n) is 1.29. The van der Waals surface area contributed by atoms with Crippen molar-refractivity contribution in [1.82, 2.24) is 0 Å². The van der Waals surface area contributed by atoms with Crippen LogP contribution in [0.4, 0.5) is 0 Å². The maximum absolute atomic E-state index is 11.1. The number of para-hydroxylation sites is 1. The van der Waals surface area contributed by atoms with Gasteiger partial charge in [-0.05, 0) is 11.6 Å². The minimum Gasteiger partial charge on any atom is -0.515 e. The lowest BCUT2D eigenvalue weighted by molar-refractivity contribution is -0.131. The van der Waals surface area contributed by atoms with E-state index in [0.29, 0.717) is 17.7 Å². The number of hydrogen-bond acceptors (Lipinski definition) is 3. The van der Waals surface area contributed by atoms with E-state index in [-0.39, 0.29) is 0 Å². The maximum Gasteiger partial charge on any atom is 0.342 e. The highest BCUT2D eigenvalue weighted by Gasteiger charge is 2.21. The monoisotopic (exact) mass is 176 g/mol. The van der Waals surface area contributed by atoms with Gasteiger partial charge in [0.15, 0.2) is 0 Å². The topological polar surface area (TPSA) is 46.5 Å². The minimum absolute atomic E-state index is 0.290. The lowest BCUT2D eigenvalue weighted by Crippen LogP contribution is -2.19. The van der Waals surface area contributed by atoms with Crippen LogP contribution in [-0.2, 0) is 11.2 Å². The third kappa shape index (κ3) is 1.28. The molecule has 3 heteroatoms. The van der Waals surface area contributed by atoms with E-state index in [9.17, 15) is 4.79 Å². The van der Waals surface area contributed by atoms with Gasteiger partial charge < -0.3 is 9.84 Å². The van der Waals surface area contributed by atoms with Gasteiger partial charge in [-0.25, -0.2) is 4.79 Å². The Labute approximate surface area is 75.3 Å². The van der Waals surface area contributed by atoms with Crippen LogP contribution < -0.4 is 4.74 Å². The molecule has 1 aliphatic rings. The molecule has 1 N–H and O–H groups in total. The van der Waals surface area contributed by atoms with Gasteiger partial charge in [0.25, 0.3) is 0 Å². The average Bonchev–Trinajstić information content (AvgIpc) is 2.17. The van der Waals surface area contributed by atoms with Gasteiger partial charge in [0, 0.05) is 6.42 Å². The van der Waals surface area contributed by atoms with E-state index in [1.165, 1.54) is 0 Å². The smallest absolute Gasteiger partial charge is 0.342 e. The molecule has 66 valence electrons. The highest BCUT2D eigenvalue weighted by Crippen LogP contribution is 2.26. The molecule has 1 aromatic rings. The molecule has 0 saturated carbocycles. The summed E-state index contributed by atoms with van der Waals surface area (Å²) in [6, 6.07) is 7.28. The number of rotatable bonds is 0. The zero-order chi connectivity index (χ0) is 9.26. The van der Waals surface area contributed by atoms with E-state index in [4.69, 9.17) is 9.84 Å². The van der Waals surface area contributed by atoms with Gasteiger partial charge in [-0.1, -0.05) is 18.2 Å². The maximum atomic E-state index is 11.1. The number of aliphatic hydroxyl groups excluding tert-OH is 1. The molecule has 0 saturated heterocycles. The Morgan fingerprint density at radius 2 is 2.15 bits per heavy atom. The normalized spacial score (nSPS) is 18.2. The molecule has 0 aromatic heterocycles. The van der Waals surface area contributed by atoms with Crippen molar-refractivity contribution in [2.75, 3.05) is 0 Å². The van der Waals surface area contributed by atoms with Crippen LogP contribution in [0, 0.1) is 0 Å². The van der Waals surface area contributed by atoms with Crippen molar-refractivity contribution >= 4 is 5.97 Å². The zero-order valence-electron chi connectivity index (χ0n) is 6.86. The van der Waals surface area contributed by atoms with Crippen molar-refractivity contribution in [3.63, 3.8) is 0 Å². The van der Waals surface area contributed by atoms with E-state index in [0.717, 1.165) is 11.8 Å². The molecule has 1 aromatic carbocycles. The van der Waals surface area contributed by atoms with Crippen molar-refractivity contribution < 1.29 is 14.6 Å². The predicted octanol–water partition coefficient (Wildman–Crippen LogP) is 1.59.